The third-order valence-corrected chi connectivity index (χ3v) is 7.45. The van der Waals surface area contributed by atoms with E-state index in [4.69, 9.17) is 4.74 Å². The highest BCUT2D eigenvalue weighted by Gasteiger charge is 2.41. The van der Waals surface area contributed by atoms with E-state index < -0.39 is 23.8 Å². The second-order valence-corrected chi connectivity index (χ2v) is 10.2. The van der Waals surface area contributed by atoms with Crippen molar-refractivity contribution >= 4 is 17.6 Å². The molecule has 1 N–H and O–H groups in total. The van der Waals surface area contributed by atoms with Crippen molar-refractivity contribution in [2.75, 3.05) is 19.6 Å². The number of nitrogens with one attached hydrogen (secondary N) is 1. The van der Waals surface area contributed by atoms with Gasteiger partial charge in [-0.2, -0.15) is 0 Å². The lowest BCUT2D eigenvalue weighted by Gasteiger charge is -2.29. The molecular formula is C32H35N3O4. The lowest BCUT2D eigenvalue weighted by Crippen LogP contribution is -2.53. The largest absolute Gasteiger partial charge is 0.457 e. The van der Waals surface area contributed by atoms with Gasteiger partial charge in [0.25, 0.3) is 5.91 Å². The summed E-state index contributed by atoms with van der Waals surface area (Å²) >= 11 is 0. The Labute approximate surface area is 229 Å². The van der Waals surface area contributed by atoms with E-state index in [-0.39, 0.29) is 5.91 Å². The molecule has 2 aliphatic rings. The van der Waals surface area contributed by atoms with Crippen molar-refractivity contribution in [3.05, 3.63) is 96.1 Å². The first-order chi connectivity index (χ1) is 19.1. The van der Waals surface area contributed by atoms with E-state index in [0.29, 0.717) is 45.4 Å². The Balaban J connectivity index is 1.30. The third-order valence-electron chi connectivity index (χ3n) is 7.45. The number of amides is 2. The molecule has 3 aromatic carbocycles. The first-order valence-corrected chi connectivity index (χ1v) is 13.8. The molecule has 2 aliphatic heterocycles. The fourth-order valence-electron chi connectivity index (χ4n) is 5.40. The van der Waals surface area contributed by atoms with Crippen LogP contribution in [0.2, 0.25) is 0 Å². The zero-order valence-corrected chi connectivity index (χ0v) is 22.1. The number of Topliss-reactive ketones (excluding diaryl/α,β-unsaturated/α-hetero) is 1. The zero-order chi connectivity index (χ0) is 27.0. The van der Waals surface area contributed by atoms with E-state index in [1.54, 1.807) is 9.80 Å². The zero-order valence-electron chi connectivity index (χ0n) is 22.1. The van der Waals surface area contributed by atoms with Crippen molar-refractivity contribution in [2.24, 2.45) is 0 Å². The van der Waals surface area contributed by atoms with Crippen LogP contribution in [0.3, 0.4) is 0 Å². The van der Waals surface area contributed by atoms with Crippen LogP contribution in [0.4, 0.5) is 0 Å². The van der Waals surface area contributed by atoms with Crippen LogP contribution in [0.25, 0.3) is 0 Å². The van der Waals surface area contributed by atoms with Gasteiger partial charge in [-0.25, -0.2) is 0 Å². The molecular weight excluding hydrogens is 490 g/mol. The van der Waals surface area contributed by atoms with Gasteiger partial charge in [0.2, 0.25) is 11.7 Å². The summed E-state index contributed by atoms with van der Waals surface area (Å²) in [6, 6.07) is 26.0. The number of likely N-dealkylation sites (tertiary alicyclic amines) is 2. The molecule has 0 aliphatic carbocycles. The number of carbonyl (C=O) groups is 3. The molecule has 39 heavy (non-hydrogen) atoms. The fourth-order valence-corrected chi connectivity index (χ4v) is 5.40. The van der Waals surface area contributed by atoms with E-state index in [1.165, 1.54) is 0 Å². The van der Waals surface area contributed by atoms with E-state index in [2.05, 4.69) is 5.32 Å². The van der Waals surface area contributed by atoms with Crippen LogP contribution in [0.15, 0.2) is 84.9 Å². The van der Waals surface area contributed by atoms with Crippen LogP contribution in [0.5, 0.6) is 11.5 Å². The van der Waals surface area contributed by atoms with Crippen LogP contribution in [0.1, 0.15) is 36.8 Å². The fraction of sp³-hybridized carbons (Fsp3) is 0.344. The highest BCUT2D eigenvalue weighted by molar-refractivity contribution is 6.38. The number of carbonyl (C=O) groups excluding carboxylic acids is 3. The van der Waals surface area contributed by atoms with Crippen LogP contribution >= 0.6 is 0 Å². The SMILES string of the molecule is O=C(C(=O)N1CCCC1)[C@@H]1CCCN1C(=O)[C@H](Cc1ccccc1)NCc1cccc(Oc2ccccc2)c1. The Morgan fingerprint density at radius 3 is 2.21 bits per heavy atom. The number of ketones is 1. The minimum Gasteiger partial charge on any atom is -0.457 e. The average Bonchev–Trinajstić information content (AvgIpc) is 3.69. The third kappa shape index (κ3) is 6.73. The molecule has 0 aromatic heterocycles. The van der Waals surface area contributed by atoms with Gasteiger partial charge < -0.3 is 19.9 Å². The standard InChI is InChI=1S/C32H35N3O4/c36-30(32(38)34-18-7-8-19-34)29-17-10-20-35(29)31(37)28(22-24-11-3-1-4-12-24)33-23-25-13-9-16-27(21-25)39-26-14-5-2-6-15-26/h1-6,9,11-16,21,28-29,33H,7-8,10,17-20,22-23H2/t28-,29-/m0/s1. The van der Waals surface area contributed by atoms with E-state index >= 15 is 0 Å². The molecule has 2 fully saturated rings. The molecule has 202 valence electrons. The van der Waals surface area contributed by atoms with E-state index in [1.807, 2.05) is 84.9 Å². The summed E-state index contributed by atoms with van der Waals surface area (Å²) in [7, 11) is 0. The Kier molecular flexibility index (Phi) is 8.68. The number of nitrogens with zero attached hydrogens (tertiary/aromatic N) is 2. The van der Waals surface area contributed by atoms with Gasteiger partial charge in [0.1, 0.15) is 17.5 Å². The van der Waals surface area contributed by atoms with Crippen molar-refractivity contribution in [3.8, 4) is 11.5 Å². The molecule has 0 bridgehead atoms. The maximum Gasteiger partial charge on any atom is 0.292 e. The number of ether oxygens (including phenoxy) is 1. The molecule has 7 nitrogen and oxygen atoms in total. The molecule has 7 heteroatoms. The van der Waals surface area contributed by atoms with Crippen molar-refractivity contribution in [3.63, 3.8) is 0 Å². The average molecular weight is 526 g/mol. The quantitative estimate of drug-likeness (QED) is 0.398. The summed E-state index contributed by atoms with van der Waals surface area (Å²) in [6.07, 6.45) is 3.57. The summed E-state index contributed by atoms with van der Waals surface area (Å²) in [5.41, 5.74) is 2.01. The Bertz CT molecular complexity index is 1270. The molecule has 2 amide bonds. The normalized spacial score (nSPS) is 17.7. The van der Waals surface area contributed by atoms with E-state index in [9.17, 15) is 14.4 Å². The van der Waals surface area contributed by atoms with Gasteiger partial charge in [0.15, 0.2) is 0 Å². The molecule has 0 saturated carbocycles. The summed E-state index contributed by atoms with van der Waals surface area (Å²) < 4.78 is 5.98. The number of hydrogen-bond donors (Lipinski definition) is 1. The Morgan fingerprint density at radius 1 is 0.795 bits per heavy atom. The number of hydrogen-bond acceptors (Lipinski definition) is 5. The van der Waals surface area contributed by atoms with Gasteiger partial charge in [-0.3, -0.25) is 14.4 Å². The number of para-hydroxylation sites is 1. The second-order valence-electron chi connectivity index (χ2n) is 10.2. The van der Waals surface area contributed by atoms with Crippen molar-refractivity contribution in [1.29, 1.82) is 0 Å². The smallest absolute Gasteiger partial charge is 0.292 e. The molecule has 0 unspecified atom stereocenters. The van der Waals surface area contributed by atoms with Gasteiger partial charge >= 0.3 is 0 Å². The topological polar surface area (TPSA) is 79.0 Å². The molecule has 0 radical (unpaired) electrons. The molecule has 2 saturated heterocycles. The van der Waals surface area contributed by atoms with Crippen LogP contribution < -0.4 is 10.1 Å². The maximum absolute atomic E-state index is 13.9. The van der Waals surface area contributed by atoms with Gasteiger partial charge in [-0.1, -0.05) is 60.7 Å². The minimum atomic E-state index is -0.687. The number of benzene rings is 3. The predicted octanol–water partition coefficient (Wildman–Crippen LogP) is 4.36. The molecule has 2 atom stereocenters. The highest BCUT2D eigenvalue weighted by atomic mass is 16.5. The van der Waals surface area contributed by atoms with Gasteiger partial charge in [-0.05, 0) is 67.5 Å². The van der Waals surface area contributed by atoms with Crippen LogP contribution in [-0.4, -0.2) is 59.1 Å². The van der Waals surface area contributed by atoms with Gasteiger partial charge in [0.05, 0.1) is 6.04 Å². The lowest BCUT2D eigenvalue weighted by molar-refractivity contribution is -0.149. The molecule has 0 spiro atoms. The first-order valence-electron chi connectivity index (χ1n) is 13.8. The van der Waals surface area contributed by atoms with Gasteiger partial charge in [0, 0.05) is 26.2 Å². The predicted molar refractivity (Wildman–Crippen MR) is 149 cm³/mol. The lowest BCUT2D eigenvalue weighted by atomic mass is 10.0. The second kappa shape index (κ2) is 12.7. The summed E-state index contributed by atoms with van der Waals surface area (Å²) in [5.74, 6) is 0.442. The first kappa shape index (κ1) is 26.6. The van der Waals surface area contributed by atoms with Crippen LogP contribution in [0, 0.1) is 0 Å². The molecule has 5 rings (SSSR count). The van der Waals surface area contributed by atoms with Crippen molar-refractivity contribution < 1.29 is 19.1 Å². The maximum atomic E-state index is 13.9. The van der Waals surface area contributed by atoms with Crippen molar-refractivity contribution in [2.45, 2.75) is 50.7 Å². The molecule has 2 heterocycles. The van der Waals surface area contributed by atoms with Crippen LogP contribution in [-0.2, 0) is 27.3 Å². The highest BCUT2D eigenvalue weighted by Crippen LogP contribution is 2.24. The monoisotopic (exact) mass is 525 g/mol. The Hall–Kier alpha value is -3.97. The number of rotatable bonds is 10. The Morgan fingerprint density at radius 2 is 1.46 bits per heavy atom. The minimum absolute atomic E-state index is 0.138. The van der Waals surface area contributed by atoms with Crippen molar-refractivity contribution in [1.82, 2.24) is 15.1 Å². The summed E-state index contributed by atoms with van der Waals surface area (Å²) in [6.45, 7) is 2.18. The summed E-state index contributed by atoms with van der Waals surface area (Å²) in [4.78, 5) is 43.2. The van der Waals surface area contributed by atoms with E-state index in [0.717, 1.165) is 35.5 Å². The molecule has 3 aromatic rings. The van der Waals surface area contributed by atoms with Gasteiger partial charge in [-0.15, -0.1) is 0 Å². The summed E-state index contributed by atoms with van der Waals surface area (Å²) in [5, 5.41) is 3.44.